The second-order valence-electron chi connectivity index (χ2n) is 6.19. The van der Waals surface area contributed by atoms with Gasteiger partial charge in [0.05, 0.1) is 0 Å². The molecule has 5 nitrogen and oxygen atoms in total. The van der Waals surface area contributed by atoms with Crippen LogP contribution in [0.1, 0.15) is 18.4 Å². The van der Waals surface area contributed by atoms with Crippen LogP contribution in [0.3, 0.4) is 0 Å². The van der Waals surface area contributed by atoms with Gasteiger partial charge in [0.25, 0.3) is 0 Å². The normalized spacial score (nSPS) is 17.0. The molecule has 1 aliphatic heterocycles. The predicted octanol–water partition coefficient (Wildman–Crippen LogP) is 2.00. The zero-order chi connectivity index (χ0) is 16.3. The lowest BCUT2D eigenvalue weighted by Crippen LogP contribution is -2.38. The highest BCUT2D eigenvalue weighted by molar-refractivity contribution is 14.0. The summed E-state index contributed by atoms with van der Waals surface area (Å²) in [6, 6.07) is 10.4. The van der Waals surface area contributed by atoms with E-state index in [0.717, 1.165) is 32.0 Å². The maximum absolute atomic E-state index is 4.29. The van der Waals surface area contributed by atoms with E-state index in [9.17, 15) is 0 Å². The van der Waals surface area contributed by atoms with Crippen molar-refractivity contribution in [1.82, 2.24) is 20.4 Å². The molecule has 136 valence electrons. The van der Waals surface area contributed by atoms with Gasteiger partial charge in [-0.3, -0.25) is 4.99 Å². The molecule has 0 atom stereocenters. The zero-order valence-corrected chi connectivity index (χ0v) is 17.3. The first-order valence-corrected chi connectivity index (χ1v) is 8.67. The van der Waals surface area contributed by atoms with Gasteiger partial charge in [-0.25, -0.2) is 0 Å². The van der Waals surface area contributed by atoms with Crippen molar-refractivity contribution >= 4 is 29.9 Å². The lowest BCUT2D eigenvalue weighted by molar-refractivity contribution is 0.274. The SMILES string of the molecule is CN=C(NCCCN1CCCN(C)CC1)NCc1ccccc1.I. The van der Waals surface area contributed by atoms with Crippen molar-refractivity contribution < 1.29 is 0 Å². The average Bonchev–Trinajstić information content (AvgIpc) is 2.79. The summed E-state index contributed by atoms with van der Waals surface area (Å²) >= 11 is 0. The zero-order valence-electron chi connectivity index (χ0n) is 15.0. The van der Waals surface area contributed by atoms with Crippen molar-refractivity contribution in [2.45, 2.75) is 19.4 Å². The number of nitrogens with zero attached hydrogens (tertiary/aromatic N) is 3. The van der Waals surface area contributed by atoms with Crippen molar-refractivity contribution in [3.8, 4) is 0 Å². The second kappa shape index (κ2) is 12.5. The molecule has 1 aliphatic rings. The van der Waals surface area contributed by atoms with Gasteiger partial charge in [-0.1, -0.05) is 30.3 Å². The fraction of sp³-hybridized carbons (Fsp3) is 0.611. The van der Waals surface area contributed by atoms with Crippen LogP contribution in [0.4, 0.5) is 0 Å². The number of guanidine groups is 1. The summed E-state index contributed by atoms with van der Waals surface area (Å²) in [5.74, 6) is 0.879. The van der Waals surface area contributed by atoms with Crippen LogP contribution in [0.25, 0.3) is 0 Å². The first kappa shape index (κ1) is 21.2. The number of rotatable bonds is 6. The topological polar surface area (TPSA) is 42.9 Å². The summed E-state index contributed by atoms with van der Waals surface area (Å²) < 4.78 is 0. The highest BCUT2D eigenvalue weighted by Crippen LogP contribution is 2.01. The smallest absolute Gasteiger partial charge is 0.191 e. The molecule has 1 fully saturated rings. The lowest BCUT2D eigenvalue weighted by atomic mass is 10.2. The molecule has 1 aromatic rings. The number of aliphatic imine (C=N–C) groups is 1. The first-order chi connectivity index (χ1) is 11.3. The third-order valence-electron chi connectivity index (χ3n) is 4.28. The standard InChI is InChI=1S/C18H31N5.HI/c1-19-18(21-16-17-8-4-3-5-9-17)20-10-6-12-23-13-7-11-22(2)14-15-23;/h3-5,8-9H,6-7,10-16H2,1-2H3,(H2,19,20,21);1H. The van der Waals surface area contributed by atoms with E-state index in [0.29, 0.717) is 0 Å². The summed E-state index contributed by atoms with van der Waals surface area (Å²) in [6.45, 7) is 7.76. The van der Waals surface area contributed by atoms with Gasteiger partial charge in [-0.2, -0.15) is 0 Å². The fourth-order valence-electron chi connectivity index (χ4n) is 2.84. The molecule has 0 saturated carbocycles. The van der Waals surface area contributed by atoms with Crippen LogP contribution in [0.5, 0.6) is 0 Å². The van der Waals surface area contributed by atoms with Crippen LogP contribution in [0.2, 0.25) is 0 Å². The number of likely N-dealkylation sites (N-methyl/N-ethyl adjacent to an activating group) is 1. The van der Waals surface area contributed by atoms with Crippen molar-refractivity contribution in [2.75, 3.05) is 53.4 Å². The van der Waals surface area contributed by atoms with E-state index in [1.165, 1.54) is 38.2 Å². The molecule has 6 heteroatoms. The van der Waals surface area contributed by atoms with E-state index in [-0.39, 0.29) is 24.0 Å². The molecule has 1 saturated heterocycles. The van der Waals surface area contributed by atoms with Crippen LogP contribution < -0.4 is 10.6 Å². The lowest BCUT2D eigenvalue weighted by Gasteiger charge is -2.20. The molecule has 0 spiro atoms. The number of halogens is 1. The van der Waals surface area contributed by atoms with Crippen molar-refractivity contribution in [3.63, 3.8) is 0 Å². The average molecular weight is 445 g/mol. The largest absolute Gasteiger partial charge is 0.356 e. The number of hydrogen-bond donors (Lipinski definition) is 2. The minimum absolute atomic E-state index is 0. The molecule has 0 aliphatic carbocycles. The Morgan fingerprint density at radius 1 is 1.08 bits per heavy atom. The summed E-state index contributed by atoms with van der Waals surface area (Å²) in [6.07, 6.45) is 2.43. The van der Waals surface area contributed by atoms with E-state index >= 15 is 0 Å². The Bertz CT molecular complexity index is 466. The quantitative estimate of drug-likeness (QED) is 0.304. The van der Waals surface area contributed by atoms with Gasteiger partial charge >= 0.3 is 0 Å². The molecule has 2 N–H and O–H groups in total. The maximum atomic E-state index is 4.29. The van der Waals surface area contributed by atoms with Gasteiger partial charge in [-0.05, 0) is 45.1 Å². The molecular formula is C18H32IN5. The van der Waals surface area contributed by atoms with Crippen LogP contribution in [0, 0.1) is 0 Å². The molecule has 2 rings (SSSR count). The molecule has 0 amide bonds. The van der Waals surface area contributed by atoms with E-state index in [2.05, 4.69) is 56.7 Å². The third kappa shape index (κ3) is 8.30. The van der Waals surface area contributed by atoms with Crippen LogP contribution >= 0.6 is 24.0 Å². The van der Waals surface area contributed by atoms with Crippen molar-refractivity contribution in [1.29, 1.82) is 0 Å². The van der Waals surface area contributed by atoms with Gasteiger partial charge in [0.2, 0.25) is 0 Å². The Hall–Kier alpha value is -0.860. The minimum Gasteiger partial charge on any atom is -0.356 e. The Kier molecular flexibility index (Phi) is 11.0. The van der Waals surface area contributed by atoms with Crippen molar-refractivity contribution in [3.05, 3.63) is 35.9 Å². The summed E-state index contributed by atoms with van der Waals surface area (Å²) in [5.41, 5.74) is 1.27. The van der Waals surface area contributed by atoms with Gasteiger partial charge in [0, 0.05) is 33.2 Å². The highest BCUT2D eigenvalue weighted by atomic mass is 127. The van der Waals surface area contributed by atoms with Crippen LogP contribution in [0.15, 0.2) is 35.3 Å². The van der Waals surface area contributed by atoms with E-state index < -0.39 is 0 Å². The first-order valence-electron chi connectivity index (χ1n) is 8.67. The number of nitrogens with one attached hydrogen (secondary N) is 2. The number of benzene rings is 1. The van der Waals surface area contributed by atoms with E-state index in [4.69, 9.17) is 0 Å². The van der Waals surface area contributed by atoms with Gasteiger partial charge < -0.3 is 20.4 Å². The van der Waals surface area contributed by atoms with Crippen molar-refractivity contribution in [2.24, 2.45) is 4.99 Å². The second-order valence-corrected chi connectivity index (χ2v) is 6.19. The molecule has 0 aromatic heterocycles. The fourth-order valence-corrected chi connectivity index (χ4v) is 2.84. The molecule has 0 radical (unpaired) electrons. The van der Waals surface area contributed by atoms with Gasteiger partial charge in [0.15, 0.2) is 5.96 Å². The third-order valence-corrected chi connectivity index (χ3v) is 4.28. The highest BCUT2D eigenvalue weighted by Gasteiger charge is 2.11. The van der Waals surface area contributed by atoms with E-state index in [1.54, 1.807) is 0 Å². The van der Waals surface area contributed by atoms with Gasteiger partial charge in [0.1, 0.15) is 0 Å². The van der Waals surface area contributed by atoms with Crippen LogP contribution in [-0.4, -0.2) is 69.1 Å². The molecule has 1 heterocycles. The van der Waals surface area contributed by atoms with Gasteiger partial charge in [-0.15, -0.1) is 24.0 Å². The van der Waals surface area contributed by atoms with E-state index in [1.807, 2.05) is 13.1 Å². The Labute approximate surface area is 163 Å². The molecule has 24 heavy (non-hydrogen) atoms. The number of hydrogen-bond acceptors (Lipinski definition) is 3. The summed E-state index contributed by atoms with van der Waals surface area (Å²) in [7, 11) is 4.04. The monoisotopic (exact) mass is 445 g/mol. The molecule has 0 bridgehead atoms. The predicted molar refractivity (Wildman–Crippen MR) is 113 cm³/mol. The maximum Gasteiger partial charge on any atom is 0.191 e. The Morgan fingerprint density at radius 2 is 1.88 bits per heavy atom. The minimum atomic E-state index is 0. The molecular weight excluding hydrogens is 413 g/mol. The van der Waals surface area contributed by atoms with Crippen LogP contribution in [-0.2, 0) is 6.54 Å². The Morgan fingerprint density at radius 3 is 2.62 bits per heavy atom. The summed E-state index contributed by atoms with van der Waals surface area (Å²) in [5, 5.41) is 6.76. The molecule has 1 aromatic carbocycles. The Balaban J connectivity index is 0.00000288. The summed E-state index contributed by atoms with van der Waals surface area (Å²) in [4.78, 5) is 9.29. The molecule has 0 unspecified atom stereocenters.